The first-order valence-corrected chi connectivity index (χ1v) is 11.4. The zero-order chi connectivity index (χ0) is 20.3. The Morgan fingerprint density at radius 3 is 2.75 bits per heavy atom. The highest BCUT2D eigenvalue weighted by atomic mass is 32.2. The van der Waals surface area contributed by atoms with E-state index < -0.39 is 10.0 Å². The van der Waals surface area contributed by atoms with Crippen molar-refractivity contribution in [2.45, 2.75) is 57.8 Å². The van der Waals surface area contributed by atoms with Crippen molar-refractivity contribution >= 4 is 27.5 Å². The zero-order valence-corrected chi connectivity index (χ0v) is 17.7. The molecule has 7 heteroatoms. The van der Waals surface area contributed by atoms with Crippen LogP contribution in [0.2, 0.25) is 0 Å². The smallest absolute Gasteiger partial charge is 0.286 e. The van der Waals surface area contributed by atoms with Gasteiger partial charge >= 0.3 is 0 Å². The molecule has 0 saturated heterocycles. The summed E-state index contributed by atoms with van der Waals surface area (Å²) in [7, 11) is -3.80. The van der Waals surface area contributed by atoms with E-state index >= 15 is 0 Å². The number of hydrogen-bond acceptors (Lipinski definition) is 4. The van der Waals surface area contributed by atoms with Crippen molar-refractivity contribution in [3.63, 3.8) is 0 Å². The molecule has 1 N–H and O–H groups in total. The maximum absolute atomic E-state index is 12.6. The van der Waals surface area contributed by atoms with Gasteiger partial charge in [0.15, 0.2) is 0 Å². The molecule has 0 spiro atoms. The number of allylic oxidation sites excluding steroid dienone is 1. The molecule has 152 valence electrons. The number of hydrogen-bond donors (Lipinski definition) is 1. The topological polar surface area (TPSA) is 78.8 Å². The van der Waals surface area contributed by atoms with Crippen molar-refractivity contribution in [3.8, 4) is 0 Å². The highest BCUT2D eigenvalue weighted by Gasteiger charge is 2.30. The number of carbonyl (C=O) groups is 1. The van der Waals surface area contributed by atoms with Crippen LogP contribution in [0.1, 0.15) is 63.2 Å². The molecule has 0 unspecified atom stereocenters. The summed E-state index contributed by atoms with van der Waals surface area (Å²) in [4.78, 5) is 14.5. The number of sulfonamides is 1. The molecule has 28 heavy (non-hydrogen) atoms. The van der Waals surface area contributed by atoms with Crippen molar-refractivity contribution in [2.24, 2.45) is 10.3 Å². The minimum absolute atomic E-state index is 0.0985. The molecule has 1 heterocycles. The molecular weight excluding hydrogens is 374 g/mol. The molecule has 0 radical (unpaired) electrons. The van der Waals surface area contributed by atoms with Gasteiger partial charge < -0.3 is 10.2 Å². The summed E-state index contributed by atoms with van der Waals surface area (Å²) in [5.41, 5.74) is 2.33. The lowest BCUT2D eigenvalue weighted by molar-refractivity contribution is 0.0954. The number of amides is 1. The zero-order valence-electron chi connectivity index (χ0n) is 16.9. The largest absolute Gasteiger partial charge is 0.352 e. The van der Waals surface area contributed by atoms with Crippen LogP contribution < -0.4 is 10.2 Å². The van der Waals surface area contributed by atoms with Crippen molar-refractivity contribution in [1.29, 1.82) is 0 Å². The molecule has 1 aromatic carbocycles. The van der Waals surface area contributed by atoms with Crippen molar-refractivity contribution < 1.29 is 13.2 Å². The van der Waals surface area contributed by atoms with Gasteiger partial charge in [-0.15, -0.1) is 4.40 Å². The standard InChI is InChI=1S/C21H29N3O3S/c1-15(2)14-24-16(3)23-28(26,27)20-13-18(9-10-19(20)24)21(25)22-12-11-17-7-5-4-6-8-17/h7,9-10,13,15H,4-6,8,11-12,14H2,1-3H3,(H,22,25). The van der Waals surface area contributed by atoms with E-state index in [1.54, 1.807) is 19.1 Å². The predicted molar refractivity (Wildman–Crippen MR) is 112 cm³/mol. The maximum Gasteiger partial charge on any atom is 0.286 e. The van der Waals surface area contributed by atoms with Crippen LogP contribution in [0.15, 0.2) is 39.1 Å². The van der Waals surface area contributed by atoms with E-state index in [1.165, 1.54) is 24.5 Å². The fourth-order valence-electron chi connectivity index (χ4n) is 3.70. The van der Waals surface area contributed by atoms with Gasteiger partial charge in [0.2, 0.25) is 0 Å². The van der Waals surface area contributed by atoms with Gasteiger partial charge in [-0.3, -0.25) is 4.79 Å². The second kappa shape index (κ2) is 8.47. The van der Waals surface area contributed by atoms with E-state index in [-0.39, 0.29) is 10.8 Å². The molecule has 0 saturated carbocycles. The Bertz CT molecular complexity index is 917. The van der Waals surface area contributed by atoms with Gasteiger partial charge in [0, 0.05) is 18.7 Å². The Hall–Kier alpha value is -2.15. The number of carbonyl (C=O) groups excluding carboxylic acids is 1. The molecule has 1 aromatic rings. The SMILES string of the molecule is CC1=NS(=O)(=O)c2cc(C(=O)NCCC3=CCCCC3)ccc2N1CC(C)C. The van der Waals surface area contributed by atoms with Gasteiger partial charge in [-0.25, -0.2) is 0 Å². The van der Waals surface area contributed by atoms with Gasteiger partial charge in [0.25, 0.3) is 15.9 Å². The van der Waals surface area contributed by atoms with Crippen LogP contribution in [0, 0.1) is 5.92 Å². The third kappa shape index (κ3) is 4.63. The first kappa shape index (κ1) is 20.6. The van der Waals surface area contributed by atoms with Gasteiger partial charge in [0.05, 0.1) is 5.69 Å². The molecule has 2 aliphatic rings. The molecule has 1 aliphatic heterocycles. The van der Waals surface area contributed by atoms with Gasteiger partial charge in [0.1, 0.15) is 10.7 Å². The van der Waals surface area contributed by atoms with Crippen LogP contribution >= 0.6 is 0 Å². The number of benzene rings is 1. The molecular formula is C21H29N3O3S. The van der Waals surface area contributed by atoms with Crippen molar-refractivity contribution in [1.82, 2.24) is 5.32 Å². The number of nitrogens with one attached hydrogen (secondary N) is 1. The molecule has 0 atom stereocenters. The highest BCUT2D eigenvalue weighted by Crippen LogP contribution is 2.33. The highest BCUT2D eigenvalue weighted by molar-refractivity contribution is 7.90. The summed E-state index contributed by atoms with van der Waals surface area (Å²) >= 11 is 0. The first-order chi connectivity index (χ1) is 13.3. The normalized spacial score (nSPS) is 18.4. The Morgan fingerprint density at radius 1 is 1.29 bits per heavy atom. The van der Waals surface area contributed by atoms with Crippen LogP contribution in [-0.4, -0.2) is 33.3 Å². The van der Waals surface area contributed by atoms with Crippen LogP contribution in [-0.2, 0) is 10.0 Å². The summed E-state index contributed by atoms with van der Waals surface area (Å²) in [5, 5.41) is 2.91. The predicted octanol–water partition coefficient (Wildman–Crippen LogP) is 3.89. The Labute approximate surface area is 167 Å². The fourth-order valence-corrected chi connectivity index (χ4v) is 4.96. The van der Waals surface area contributed by atoms with E-state index in [4.69, 9.17) is 0 Å². The van der Waals surface area contributed by atoms with E-state index in [0.29, 0.717) is 36.1 Å². The molecule has 0 aromatic heterocycles. The van der Waals surface area contributed by atoms with Crippen molar-refractivity contribution in [2.75, 3.05) is 18.0 Å². The van der Waals surface area contributed by atoms with E-state index in [1.807, 2.05) is 4.90 Å². The molecule has 0 bridgehead atoms. The maximum atomic E-state index is 12.6. The van der Waals surface area contributed by atoms with Crippen molar-refractivity contribution in [3.05, 3.63) is 35.4 Å². The Kier molecular flexibility index (Phi) is 6.23. The van der Waals surface area contributed by atoms with Crippen LogP contribution in [0.3, 0.4) is 0 Å². The summed E-state index contributed by atoms with van der Waals surface area (Å²) in [6.07, 6.45) is 7.81. The second-order valence-corrected chi connectivity index (χ2v) is 9.49. The average Bonchev–Trinajstić information content (AvgIpc) is 2.65. The monoisotopic (exact) mass is 403 g/mol. The lowest BCUT2D eigenvalue weighted by Gasteiger charge is -2.30. The summed E-state index contributed by atoms with van der Waals surface area (Å²) in [5.74, 6) is 0.547. The number of anilines is 1. The third-order valence-electron chi connectivity index (χ3n) is 5.10. The second-order valence-electron chi connectivity index (χ2n) is 7.91. The third-order valence-corrected chi connectivity index (χ3v) is 6.49. The quantitative estimate of drug-likeness (QED) is 0.731. The Morgan fingerprint density at radius 2 is 2.07 bits per heavy atom. The molecule has 1 aliphatic carbocycles. The minimum atomic E-state index is -3.80. The molecule has 0 fully saturated rings. The van der Waals surface area contributed by atoms with E-state index in [9.17, 15) is 13.2 Å². The number of amidine groups is 1. The van der Waals surface area contributed by atoms with Gasteiger partial charge in [-0.05, 0) is 63.1 Å². The van der Waals surface area contributed by atoms with E-state index in [2.05, 4.69) is 29.6 Å². The summed E-state index contributed by atoms with van der Waals surface area (Å²) in [6, 6.07) is 4.85. The summed E-state index contributed by atoms with van der Waals surface area (Å²) in [6.45, 7) is 7.06. The number of rotatable bonds is 6. The lowest BCUT2D eigenvalue weighted by Crippen LogP contribution is -2.37. The minimum Gasteiger partial charge on any atom is -0.352 e. The lowest BCUT2D eigenvalue weighted by atomic mass is 9.97. The first-order valence-electron chi connectivity index (χ1n) is 9.97. The fraction of sp³-hybridized carbons (Fsp3) is 0.524. The average molecular weight is 404 g/mol. The van der Waals surface area contributed by atoms with Crippen LogP contribution in [0.4, 0.5) is 5.69 Å². The van der Waals surface area contributed by atoms with E-state index in [0.717, 1.165) is 19.3 Å². The van der Waals surface area contributed by atoms with Gasteiger partial charge in [-0.1, -0.05) is 25.5 Å². The van der Waals surface area contributed by atoms with Crippen LogP contribution in [0.5, 0.6) is 0 Å². The molecule has 1 amide bonds. The summed E-state index contributed by atoms with van der Waals surface area (Å²) < 4.78 is 29.0. The number of fused-ring (bicyclic) bond motifs is 1. The molecule has 6 nitrogen and oxygen atoms in total. The molecule has 3 rings (SSSR count). The number of nitrogens with zero attached hydrogens (tertiary/aromatic N) is 2. The van der Waals surface area contributed by atoms with Gasteiger partial charge in [-0.2, -0.15) is 8.42 Å². The Balaban J connectivity index is 1.76. The van der Waals surface area contributed by atoms with Crippen LogP contribution in [0.25, 0.3) is 0 Å².